The van der Waals surface area contributed by atoms with Gasteiger partial charge in [-0.3, -0.25) is 4.79 Å². The number of likely N-dealkylation sites (N-methyl/N-ethyl adjacent to an activating group) is 1. The standard InChI is InChI=1S/C21H24ClN3O3S/c1-24-6-8-25(9-7-24)18-4-2-15(22)12-17(18)23-21(26)14-29-16-3-5-19-20(13-16)28-11-10-27-19/h2-5,12-13H,6-11,14H2,1H3,(H,23,26). The summed E-state index contributed by atoms with van der Waals surface area (Å²) in [6.07, 6.45) is 0. The summed E-state index contributed by atoms with van der Waals surface area (Å²) in [5.41, 5.74) is 1.77. The second kappa shape index (κ2) is 9.15. The fourth-order valence-corrected chi connectivity index (χ4v) is 4.28. The molecule has 2 heterocycles. The molecule has 0 radical (unpaired) electrons. The number of benzene rings is 2. The Kier molecular flexibility index (Phi) is 6.37. The van der Waals surface area contributed by atoms with Crippen LogP contribution in [-0.4, -0.2) is 63.0 Å². The molecule has 4 rings (SSSR count). The van der Waals surface area contributed by atoms with Crippen molar-refractivity contribution in [3.63, 3.8) is 0 Å². The fraction of sp³-hybridized carbons (Fsp3) is 0.381. The molecule has 2 aliphatic heterocycles. The average Bonchev–Trinajstić information content (AvgIpc) is 2.73. The van der Waals surface area contributed by atoms with Crippen molar-refractivity contribution in [3.8, 4) is 11.5 Å². The van der Waals surface area contributed by atoms with Crippen molar-refractivity contribution < 1.29 is 14.3 Å². The van der Waals surface area contributed by atoms with E-state index in [1.54, 1.807) is 0 Å². The van der Waals surface area contributed by atoms with E-state index in [0.717, 1.165) is 53.9 Å². The monoisotopic (exact) mass is 433 g/mol. The molecule has 0 aromatic heterocycles. The normalized spacial score (nSPS) is 16.6. The molecule has 1 amide bonds. The maximum absolute atomic E-state index is 12.6. The first-order chi connectivity index (χ1) is 14.1. The van der Waals surface area contributed by atoms with E-state index in [2.05, 4.69) is 22.2 Å². The molecule has 8 heteroatoms. The van der Waals surface area contributed by atoms with Crippen molar-refractivity contribution in [1.29, 1.82) is 0 Å². The number of thioether (sulfide) groups is 1. The minimum Gasteiger partial charge on any atom is -0.486 e. The number of rotatable bonds is 5. The second-order valence-electron chi connectivity index (χ2n) is 7.09. The molecule has 29 heavy (non-hydrogen) atoms. The molecule has 0 bridgehead atoms. The third-order valence-electron chi connectivity index (χ3n) is 4.96. The summed E-state index contributed by atoms with van der Waals surface area (Å²) >= 11 is 7.66. The third kappa shape index (κ3) is 5.10. The van der Waals surface area contributed by atoms with Gasteiger partial charge in [-0.15, -0.1) is 11.8 Å². The average molecular weight is 434 g/mol. The lowest BCUT2D eigenvalue weighted by Crippen LogP contribution is -2.44. The van der Waals surface area contributed by atoms with E-state index in [9.17, 15) is 4.79 Å². The molecule has 6 nitrogen and oxygen atoms in total. The number of fused-ring (bicyclic) bond motifs is 1. The van der Waals surface area contributed by atoms with Gasteiger partial charge in [0.15, 0.2) is 11.5 Å². The van der Waals surface area contributed by atoms with Crippen molar-refractivity contribution in [3.05, 3.63) is 41.4 Å². The number of hydrogen-bond donors (Lipinski definition) is 1. The Morgan fingerprint density at radius 1 is 1.07 bits per heavy atom. The van der Waals surface area contributed by atoms with Crippen molar-refractivity contribution >= 4 is 40.6 Å². The van der Waals surface area contributed by atoms with E-state index in [1.165, 1.54) is 11.8 Å². The zero-order valence-corrected chi connectivity index (χ0v) is 17.9. The molecule has 2 aliphatic rings. The van der Waals surface area contributed by atoms with Crippen molar-refractivity contribution in [2.75, 3.05) is 62.4 Å². The topological polar surface area (TPSA) is 54.0 Å². The summed E-state index contributed by atoms with van der Waals surface area (Å²) in [7, 11) is 2.12. The Labute approximate surface area is 180 Å². The van der Waals surface area contributed by atoms with Crippen molar-refractivity contribution in [2.24, 2.45) is 0 Å². The van der Waals surface area contributed by atoms with Gasteiger partial charge in [-0.05, 0) is 43.4 Å². The van der Waals surface area contributed by atoms with Crippen LogP contribution < -0.4 is 19.7 Å². The van der Waals surface area contributed by atoms with E-state index < -0.39 is 0 Å². The number of hydrogen-bond acceptors (Lipinski definition) is 6. The smallest absolute Gasteiger partial charge is 0.234 e. The summed E-state index contributed by atoms with van der Waals surface area (Å²) in [6, 6.07) is 11.4. The van der Waals surface area contributed by atoms with Gasteiger partial charge in [0, 0.05) is 36.1 Å². The summed E-state index contributed by atoms with van der Waals surface area (Å²) in [5.74, 6) is 1.71. The van der Waals surface area contributed by atoms with Crippen molar-refractivity contribution in [1.82, 2.24) is 4.90 Å². The highest BCUT2D eigenvalue weighted by Crippen LogP contribution is 2.34. The minimum atomic E-state index is -0.0671. The van der Waals surface area contributed by atoms with Gasteiger partial charge in [0.2, 0.25) is 5.91 Å². The van der Waals surface area contributed by atoms with Gasteiger partial charge in [0.05, 0.1) is 17.1 Å². The fourth-order valence-electron chi connectivity index (χ4n) is 3.38. The van der Waals surface area contributed by atoms with Crippen LogP contribution in [0.4, 0.5) is 11.4 Å². The molecule has 0 spiro atoms. The Hall–Kier alpha value is -2.09. The molecule has 2 aromatic rings. The zero-order chi connectivity index (χ0) is 20.2. The molecule has 2 aromatic carbocycles. The highest BCUT2D eigenvalue weighted by molar-refractivity contribution is 8.00. The molecule has 0 atom stereocenters. The van der Waals surface area contributed by atoms with Crippen molar-refractivity contribution in [2.45, 2.75) is 4.90 Å². The molecule has 0 saturated carbocycles. The molecular weight excluding hydrogens is 410 g/mol. The van der Waals surface area contributed by atoms with E-state index >= 15 is 0 Å². The molecule has 0 aliphatic carbocycles. The molecular formula is C21H24ClN3O3S. The second-order valence-corrected chi connectivity index (χ2v) is 8.58. The number of ether oxygens (including phenoxy) is 2. The van der Waals surface area contributed by atoms with Gasteiger partial charge in [-0.1, -0.05) is 11.6 Å². The van der Waals surface area contributed by atoms with Gasteiger partial charge in [0.1, 0.15) is 13.2 Å². The molecule has 154 valence electrons. The first-order valence-electron chi connectivity index (χ1n) is 9.64. The van der Waals surface area contributed by atoms with E-state index in [4.69, 9.17) is 21.1 Å². The van der Waals surface area contributed by atoms with Crippen LogP contribution in [0.25, 0.3) is 0 Å². The number of nitrogens with zero attached hydrogens (tertiary/aromatic N) is 2. The maximum atomic E-state index is 12.6. The van der Waals surface area contributed by atoms with Gasteiger partial charge in [-0.2, -0.15) is 0 Å². The number of anilines is 2. The predicted octanol–water partition coefficient (Wildman–Crippen LogP) is 3.59. The zero-order valence-electron chi connectivity index (χ0n) is 16.3. The Bertz CT molecular complexity index is 887. The minimum absolute atomic E-state index is 0.0671. The molecule has 1 fully saturated rings. The quantitative estimate of drug-likeness (QED) is 0.727. The highest BCUT2D eigenvalue weighted by Gasteiger charge is 2.19. The Balaban J connectivity index is 1.40. The number of carbonyl (C=O) groups excluding carboxylic acids is 1. The van der Waals surface area contributed by atoms with Crippen LogP contribution in [0.15, 0.2) is 41.3 Å². The van der Waals surface area contributed by atoms with E-state index in [0.29, 0.717) is 24.0 Å². The lowest BCUT2D eigenvalue weighted by molar-refractivity contribution is -0.113. The van der Waals surface area contributed by atoms with Gasteiger partial charge < -0.3 is 24.6 Å². The van der Waals surface area contributed by atoms with Gasteiger partial charge in [-0.25, -0.2) is 0 Å². The number of amides is 1. The van der Waals surface area contributed by atoms with Crippen LogP contribution in [0.5, 0.6) is 11.5 Å². The van der Waals surface area contributed by atoms with Crippen LogP contribution in [0.3, 0.4) is 0 Å². The lowest BCUT2D eigenvalue weighted by Gasteiger charge is -2.35. The lowest BCUT2D eigenvalue weighted by atomic mass is 10.2. The SMILES string of the molecule is CN1CCN(c2ccc(Cl)cc2NC(=O)CSc2ccc3c(c2)OCCO3)CC1. The van der Waals surface area contributed by atoms with Crippen LogP contribution in [0.2, 0.25) is 5.02 Å². The maximum Gasteiger partial charge on any atom is 0.234 e. The number of carbonyl (C=O) groups is 1. The van der Waals surface area contributed by atoms with Gasteiger partial charge >= 0.3 is 0 Å². The van der Waals surface area contributed by atoms with Crippen LogP contribution >= 0.6 is 23.4 Å². The summed E-state index contributed by atoms with van der Waals surface area (Å²) in [5, 5.41) is 3.65. The van der Waals surface area contributed by atoms with Crippen LogP contribution in [0, 0.1) is 0 Å². The molecule has 1 saturated heterocycles. The first kappa shape index (κ1) is 20.2. The summed E-state index contributed by atoms with van der Waals surface area (Å²) < 4.78 is 11.1. The molecule has 1 N–H and O–H groups in total. The van der Waals surface area contributed by atoms with E-state index in [-0.39, 0.29) is 5.91 Å². The largest absolute Gasteiger partial charge is 0.486 e. The number of halogens is 1. The Morgan fingerprint density at radius 2 is 1.83 bits per heavy atom. The molecule has 0 unspecified atom stereocenters. The first-order valence-corrected chi connectivity index (χ1v) is 11.0. The Morgan fingerprint density at radius 3 is 2.62 bits per heavy atom. The number of piperazine rings is 1. The van der Waals surface area contributed by atoms with Crippen LogP contribution in [-0.2, 0) is 4.79 Å². The predicted molar refractivity (Wildman–Crippen MR) is 118 cm³/mol. The summed E-state index contributed by atoms with van der Waals surface area (Å²) in [4.78, 5) is 18.2. The number of nitrogens with one attached hydrogen (secondary N) is 1. The van der Waals surface area contributed by atoms with E-state index in [1.807, 2.05) is 36.4 Å². The third-order valence-corrected chi connectivity index (χ3v) is 6.19. The van der Waals surface area contributed by atoms with Crippen LogP contribution in [0.1, 0.15) is 0 Å². The summed E-state index contributed by atoms with van der Waals surface area (Å²) in [6.45, 7) is 4.95. The highest BCUT2D eigenvalue weighted by atomic mass is 35.5. The van der Waals surface area contributed by atoms with Gasteiger partial charge in [0.25, 0.3) is 0 Å².